The Kier molecular flexibility index (Phi) is 8.14. The van der Waals surface area contributed by atoms with Gasteiger partial charge in [-0.2, -0.15) is 0 Å². The Morgan fingerprint density at radius 1 is 1.00 bits per heavy atom. The van der Waals surface area contributed by atoms with Crippen LogP contribution in [0.15, 0.2) is 24.3 Å². The Morgan fingerprint density at radius 2 is 1.56 bits per heavy atom. The molecule has 2 aliphatic heterocycles. The standard InChI is InChI=1S/C24H35N5O5/c1-14(2)20(24(34)28-11-3-5-18(28)21(26)31)27-22(32)19-6-4-12-29(19)23(33)17(25)13-15-7-9-16(30)10-8-15/h7-10,14,17-20,30H,3-6,11-13,25H2,1-2H3,(H2,26,31)(H,27,32). The molecule has 186 valence electrons. The van der Waals surface area contributed by atoms with Gasteiger partial charge in [0, 0.05) is 13.1 Å². The second kappa shape index (κ2) is 10.9. The van der Waals surface area contributed by atoms with Crippen LogP contribution < -0.4 is 16.8 Å². The predicted molar refractivity (Wildman–Crippen MR) is 125 cm³/mol. The maximum absolute atomic E-state index is 13.2. The topological polar surface area (TPSA) is 159 Å². The molecular formula is C24H35N5O5. The summed E-state index contributed by atoms with van der Waals surface area (Å²) in [4.78, 5) is 54.1. The number of benzene rings is 1. The molecule has 2 heterocycles. The van der Waals surface area contributed by atoms with Crippen molar-refractivity contribution in [3.05, 3.63) is 29.8 Å². The Bertz CT molecular complexity index is 919. The highest BCUT2D eigenvalue weighted by atomic mass is 16.3. The fourth-order valence-corrected chi connectivity index (χ4v) is 4.76. The molecule has 1 aromatic rings. The van der Waals surface area contributed by atoms with E-state index in [1.807, 2.05) is 13.8 Å². The van der Waals surface area contributed by atoms with Crippen molar-refractivity contribution in [3.8, 4) is 5.75 Å². The molecule has 0 aliphatic carbocycles. The van der Waals surface area contributed by atoms with Crippen LogP contribution >= 0.6 is 0 Å². The van der Waals surface area contributed by atoms with Crippen molar-refractivity contribution in [1.29, 1.82) is 0 Å². The number of primary amides is 1. The molecule has 34 heavy (non-hydrogen) atoms. The number of hydrogen-bond donors (Lipinski definition) is 4. The molecule has 4 atom stereocenters. The number of nitrogens with zero attached hydrogens (tertiary/aromatic N) is 2. The molecule has 3 rings (SSSR count). The van der Waals surface area contributed by atoms with Gasteiger partial charge in [-0.05, 0) is 55.7 Å². The molecule has 2 saturated heterocycles. The number of carbonyl (C=O) groups is 4. The van der Waals surface area contributed by atoms with Crippen molar-refractivity contribution in [2.45, 2.75) is 70.1 Å². The van der Waals surface area contributed by atoms with Crippen molar-refractivity contribution in [2.24, 2.45) is 17.4 Å². The van der Waals surface area contributed by atoms with E-state index in [1.54, 1.807) is 12.1 Å². The summed E-state index contributed by atoms with van der Waals surface area (Å²) in [5.74, 6) is -1.69. The molecular weight excluding hydrogens is 438 g/mol. The fraction of sp³-hybridized carbons (Fsp3) is 0.583. The summed E-state index contributed by atoms with van der Waals surface area (Å²) in [7, 11) is 0. The zero-order valence-electron chi connectivity index (χ0n) is 19.8. The summed E-state index contributed by atoms with van der Waals surface area (Å²) in [6, 6.07) is 3.44. The monoisotopic (exact) mass is 473 g/mol. The third kappa shape index (κ3) is 5.67. The number of phenolic OH excluding ortho intramolecular Hbond substituents is 1. The first-order valence-electron chi connectivity index (χ1n) is 11.8. The van der Waals surface area contributed by atoms with Crippen molar-refractivity contribution in [2.75, 3.05) is 13.1 Å². The maximum Gasteiger partial charge on any atom is 0.246 e. The summed E-state index contributed by atoms with van der Waals surface area (Å²) in [5, 5.41) is 12.3. The van der Waals surface area contributed by atoms with E-state index >= 15 is 0 Å². The van der Waals surface area contributed by atoms with Gasteiger partial charge >= 0.3 is 0 Å². The van der Waals surface area contributed by atoms with Crippen LogP contribution in [0, 0.1) is 5.92 Å². The molecule has 2 fully saturated rings. The molecule has 2 aliphatic rings. The number of hydrogen-bond acceptors (Lipinski definition) is 6. The first kappa shape index (κ1) is 25.5. The predicted octanol–water partition coefficient (Wildman–Crippen LogP) is -0.130. The minimum Gasteiger partial charge on any atom is -0.508 e. The second-order valence-corrected chi connectivity index (χ2v) is 9.49. The molecule has 0 bridgehead atoms. The van der Waals surface area contributed by atoms with Gasteiger partial charge in [0.1, 0.15) is 23.9 Å². The Labute approximate surface area is 199 Å². The lowest BCUT2D eigenvalue weighted by Gasteiger charge is -2.32. The van der Waals surface area contributed by atoms with Crippen LogP contribution in [0.4, 0.5) is 0 Å². The number of nitrogens with two attached hydrogens (primary N) is 2. The van der Waals surface area contributed by atoms with Crippen molar-refractivity contribution in [3.63, 3.8) is 0 Å². The fourth-order valence-electron chi connectivity index (χ4n) is 4.76. The van der Waals surface area contributed by atoms with Gasteiger partial charge < -0.3 is 31.7 Å². The number of carbonyl (C=O) groups excluding carboxylic acids is 4. The third-order valence-corrected chi connectivity index (χ3v) is 6.64. The molecule has 10 nitrogen and oxygen atoms in total. The van der Waals surface area contributed by atoms with Crippen LogP contribution in [0.2, 0.25) is 0 Å². The van der Waals surface area contributed by atoms with E-state index in [0.29, 0.717) is 38.8 Å². The normalized spacial score (nSPS) is 22.0. The van der Waals surface area contributed by atoms with E-state index in [9.17, 15) is 24.3 Å². The van der Waals surface area contributed by atoms with E-state index < -0.39 is 36.0 Å². The molecule has 4 amide bonds. The van der Waals surface area contributed by atoms with Crippen LogP contribution in [0.1, 0.15) is 45.1 Å². The highest BCUT2D eigenvalue weighted by molar-refractivity contribution is 5.95. The first-order valence-corrected chi connectivity index (χ1v) is 11.8. The highest BCUT2D eigenvalue weighted by Gasteiger charge is 2.41. The first-order chi connectivity index (χ1) is 16.1. The van der Waals surface area contributed by atoms with Gasteiger partial charge in [0.05, 0.1) is 6.04 Å². The number of rotatable bonds is 8. The maximum atomic E-state index is 13.2. The van der Waals surface area contributed by atoms with Gasteiger partial charge in [-0.3, -0.25) is 19.2 Å². The smallest absolute Gasteiger partial charge is 0.246 e. The molecule has 1 aromatic carbocycles. The largest absolute Gasteiger partial charge is 0.508 e. The number of nitrogens with one attached hydrogen (secondary N) is 1. The van der Waals surface area contributed by atoms with E-state index in [4.69, 9.17) is 11.5 Å². The van der Waals surface area contributed by atoms with Crippen LogP contribution in [-0.2, 0) is 25.6 Å². The van der Waals surface area contributed by atoms with Gasteiger partial charge in [0.2, 0.25) is 23.6 Å². The van der Waals surface area contributed by atoms with Gasteiger partial charge in [-0.25, -0.2) is 0 Å². The second-order valence-electron chi connectivity index (χ2n) is 9.49. The zero-order chi connectivity index (χ0) is 25.0. The number of amides is 4. The lowest BCUT2D eigenvalue weighted by atomic mass is 10.0. The van der Waals surface area contributed by atoms with E-state index in [2.05, 4.69) is 5.32 Å². The summed E-state index contributed by atoms with van der Waals surface area (Å²) in [6.45, 7) is 4.48. The Balaban J connectivity index is 1.66. The third-order valence-electron chi connectivity index (χ3n) is 6.64. The number of phenols is 1. The van der Waals surface area contributed by atoms with E-state index in [0.717, 1.165) is 5.56 Å². The summed E-state index contributed by atoms with van der Waals surface area (Å²) >= 11 is 0. The molecule has 0 spiro atoms. The van der Waals surface area contributed by atoms with Crippen LogP contribution in [0.25, 0.3) is 0 Å². The molecule has 10 heteroatoms. The SMILES string of the molecule is CC(C)C(NC(=O)C1CCCN1C(=O)C(N)Cc1ccc(O)cc1)C(=O)N1CCCC1C(N)=O. The van der Waals surface area contributed by atoms with Gasteiger partial charge in [-0.15, -0.1) is 0 Å². The minimum absolute atomic E-state index is 0.130. The molecule has 4 unspecified atom stereocenters. The van der Waals surface area contributed by atoms with Crippen molar-refractivity contribution >= 4 is 23.6 Å². The van der Waals surface area contributed by atoms with Crippen molar-refractivity contribution in [1.82, 2.24) is 15.1 Å². The number of aromatic hydroxyl groups is 1. The molecule has 0 saturated carbocycles. The van der Waals surface area contributed by atoms with Gasteiger partial charge in [-0.1, -0.05) is 26.0 Å². The van der Waals surface area contributed by atoms with E-state index in [1.165, 1.54) is 21.9 Å². The van der Waals surface area contributed by atoms with Crippen LogP contribution in [0.5, 0.6) is 5.75 Å². The summed E-state index contributed by atoms with van der Waals surface area (Å²) in [5.41, 5.74) is 12.4. The Hall–Kier alpha value is -3.14. The number of likely N-dealkylation sites (tertiary alicyclic amines) is 2. The van der Waals surface area contributed by atoms with Crippen LogP contribution in [-0.4, -0.2) is 75.8 Å². The molecule has 0 radical (unpaired) electrons. The Morgan fingerprint density at radius 3 is 2.12 bits per heavy atom. The molecule has 6 N–H and O–H groups in total. The van der Waals surface area contributed by atoms with E-state index in [-0.39, 0.29) is 29.9 Å². The lowest BCUT2D eigenvalue weighted by molar-refractivity contribution is -0.144. The average Bonchev–Trinajstić information content (AvgIpc) is 3.47. The van der Waals surface area contributed by atoms with Gasteiger partial charge in [0.15, 0.2) is 0 Å². The van der Waals surface area contributed by atoms with Gasteiger partial charge in [0.25, 0.3) is 0 Å². The average molecular weight is 474 g/mol. The van der Waals surface area contributed by atoms with Crippen molar-refractivity contribution < 1.29 is 24.3 Å². The zero-order valence-corrected chi connectivity index (χ0v) is 19.8. The lowest BCUT2D eigenvalue weighted by Crippen LogP contribution is -2.58. The molecule has 0 aromatic heterocycles. The highest BCUT2D eigenvalue weighted by Crippen LogP contribution is 2.22. The summed E-state index contributed by atoms with van der Waals surface area (Å²) < 4.78 is 0. The van der Waals surface area contributed by atoms with Crippen LogP contribution in [0.3, 0.4) is 0 Å². The quantitative estimate of drug-likeness (QED) is 0.412. The minimum atomic E-state index is -0.832. The summed E-state index contributed by atoms with van der Waals surface area (Å²) in [6.07, 6.45) is 2.62.